The molecule has 1 atom stereocenters. The highest BCUT2D eigenvalue weighted by Gasteiger charge is 2.34. The summed E-state index contributed by atoms with van der Waals surface area (Å²) in [5, 5.41) is 11.5. The fourth-order valence-corrected chi connectivity index (χ4v) is 4.46. The van der Waals surface area contributed by atoms with Crippen LogP contribution in [-0.4, -0.2) is 25.7 Å². The third kappa shape index (κ3) is 4.15. The van der Waals surface area contributed by atoms with Crippen molar-refractivity contribution < 1.29 is 4.79 Å². The molecule has 0 radical (unpaired) electrons. The molecule has 0 aliphatic carbocycles. The molecule has 0 spiro atoms. The van der Waals surface area contributed by atoms with Crippen LogP contribution in [0.4, 0.5) is 11.6 Å². The molecule has 1 amide bonds. The van der Waals surface area contributed by atoms with Crippen molar-refractivity contribution in [2.75, 3.05) is 10.6 Å². The number of rotatable bonds is 4. The maximum atomic E-state index is 13.5. The van der Waals surface area contributed by atoms with Gasteiger partial charge in [-0.05, 0) is 48.9 Å². The van der Waals surface area contributed by atoms with Crippen LogP contribution in [0.1, 0.15) is 18.5 Å². The molecule has 9 heteroatoms. The van der Waals surface area contributed by atoms with Crippen molar-refractivity contribution in [3.05, 3.63) is 99.4 Å². The molecule has 0 bridgehead atoms. The third-order valence-electron chi connectivity index (χ3n) is 5.30. The molecule has 1 aliphatic rings. The Morgan fingerprint density at radius 2 is 2.00 bits per heavy atom. The molecule has 5 rings (SSSR count). The smallest absolute Gasteiger partial charge is 0.255 e. The summed E-state index contributed by atoms with van der Waals surface area (Å²) in [5.74, 6) is 0.758. The minimum Gasteiger partial charge on any atom is -0.328 e. The molecule has 1 aliphatic heterocycles. The Bertz CT molecular complexity index is 1380. The summed E-state index contributed by atoms with van der Waals surface area (Å²) < 4.78 is 2.63. The number of carbonyl (C=O) groups excluding carboxylic acids is 1. The van der Waals surface area contributed by atoms with Gasteiger partial charge in [0, 0.05) is 21.9 Å². The molecule has 1 unspecified atom stereocenters. The van der Waals surface area contributed by atoms with Gasteiger partial charge in [-0.3, -0.25) is 9.78 Å². The van der Waals surface area contributed by atoms with Crippen molar-refractivity contribution in [2.24, 2.45) is 0 Å². The molecule has 2 N–H and O–H groups in total. The maximum Gasteiger partial charge on any atom is 0.255 e. The van der Waals surface area contributed by atoms with Crippen LogP contribution in [0.25, 0.3) is 11.4 Å². The molecule has 4 aromatic rings. The van der Waals surface area contributed by atoms with E-state index in [9.17, 15) is 4.79 Å². The van der Waals surface area contributed by atoms with E-state index in [1.807, 2.05) is 49.4 Å². The van der Waals surface area contributed by atoms with Crippen molar-refractivity contribution in [1.82, 2.24) is 19.7 Å². The summed E-state index contributed by atoms with van der Waals surface area (Å²) in [7, 11) is 0. The van der Waals surface area contributed by atoms with E-state index in [-0.39, 0.29) is 5.91 Å². The van der Waals surface area contributed by atoms with Gasteiger partial charge >= 0.3 is 0 Å². The first-order chi connectivity index (χ1) is 16.0. The van der Waals surface area contributed by atoms with E-state index in [0.717, 1.165) is 15.6 Å². The zero-order valence-corrected chi connectivity index (χ0v) is 19.8. The van der Waals surface area contributed by atoms with Gasteiger partial charge in [0.05, 0.1) is 22.5 Å². The van der Waals surface area contributed by atoms with E-state index in [1.165, 1.54) is 0 Å². The number of hydrogen-bond donors (Lipinski definition) is 2. The second kappa shape index (κ2) is 8.80. The van der Waals surface area contributed by atoms with Crippen LogP contribution in [0.15, 0.2) is 88.8 Å². The number of carbonyl (C=O) groups is 1. The molecule has 164 valence electrons. The normalized spacial score (nSPS) is 15.1. The number of benzene rings is 2. The van der Waals surface area contributed by atoms with E-state index in [4.69, 9.17) is 16.7 Å². The van der Waals surface area contributed by atoms with Crippen LogP contribution in [-0.2, 0) is 4.79 Å². The zero-order valence-electron chi connectivity index (χ0n) is 17.5. The Balaban J connectivity index is 1.63. The lowest BCUT2D eigenvalue weighted by atomic mass is 9.95. The summed E-state index contributed by atoms with van der Waals surface area (Å²) in [4.78, 5) is 22.2. The highest BCUT2D eigenvalue weighted by Crippen LogP contribution is 2.38. The molecule has 3 heterocycles. The summed E-state index contributed by atoms with van der Waals surface area (Å²) in [6.07, 6.45) is 3.26. The van der Waals surface area contributed by atoms with Crippen LogP contribution in [0.3, 0.4) is 0 Å². The number of pyridine rings is 1. The Labute approximate surface area is 203 Å². The number of nitrogens with one attached hydrogen (secondary N) is 2. The van der Waals surface area contributed by atoms with Gasteiger partial charge < -0.3 is 10.6 Å². The summed E-state index contributed by atoms with van der Waals surface area (Å²) in [5.41, 5.74) is 3.43. The molecule has 7 nitrogen and oxygen atoms in total. The largest absolute Gasteiger partial charge is 0.328 e. The quantitative estimate of drug-likeness (QED) is 0.361. The third-order valence-corrected chi connectivity index (χ3v) is 6.12. The van der Waals surface area contributed by atoms with Crippen molar-refractivity contribution in [3.8, 4) is 11.4 Å². The molecule has 0 saturated heterocycles. The predicted octanol–water partition coefficient (Wildman–Crippen LogP) is 5.68. The molecule has 0 fully saturated rings. The van der Waals surface area contributed by atoms with Crippen LogP contribution in [0, 0.1) is 0 Å². The van der Waals surface area contributed by atoms with E-state index in [2.05, 4.69) is 36.5 Å². The van der Waals surface area contributed by atoms with E-state index in [0.29, 0.717) is 33.8 Å². The fraction of sp³-hybridized carbons (Fsp3) is 0.0833. The number of aromatic nitrogens is 4. The fourth-order valence-electron chi connectivity index (χ4n) is 3.82. The van der Waals surface area contributed by atoms with Crippen molar-refractivity contribution in [2.45, 2.75) is 13.0 Å². The molecule has 2 aromatic carbocycles. The first-order valence-electron chi connectivity index (χ1n) is 10.2. The first-order valence-corrected chi connectivity index (χ1v) is 11.3. The van der Waals surface area contributed by atoms with Crippen LogP contribution < -0.4 is 10.6 Å². The Morgan fingerprint density at radius 1 is 1.15 bits per heavy atom. The summed E-state index contributed by atoms with van der Waals surface area (Å²) >= 11 is 9.94. The first kappa shape index (κ1) is 21.4. The van der Waals surface area contributed by atoms with E-state index in [1.54, 1.807) is 35.3 Å². The Kier molecular flexibility index (Phi) is 5.70. The number of hydrogen-bond acceptors (Lipinski definition) is 5. The van der Waals surface area contributed by atoms with Gasteiger partial charge in [-0.25, -0.2) is 4.68 Å². The van der Waals surface area contributed by atoms with Gasteiger partial charge in [0.15, 0.2) is 5.82 Å². The van der Waals surface area contributed by atoms with Gasteiger partial charge in [0.25, 0.3) is 5.91 Å². The van der Waals surface area contributed by atoms with Gasteiger partial charge in [-0.1, -0.05) is 51.8 Å². The minimum atomic E-state index is -0.501. The number of halogens is 2. The summed E-state index contributed by atoms with van der Waals surface area (Å²) in [6.45, 7) is 1.86. The Hall–Kier alpha value is -3.49. The number of nitrogens with zero attached hydrogens (tertiary/aromatic N) is 4. The summed E-state index contributed by atoms with van der Waals surface area (Å²) in [6, 6.07) is 18.3. The van der Waals surface area contributed by atoms with Gasteiger partial charge in [-0.2, -0.15) is 4.98 Å². The van der Waals surface area contributed by atoms with Gasteiger partial charge in [0.1, 0.15) is 6.04 Å². The second-order valence-corrected chi connectivity index (χ2v) is 8.82. The van der Waals surface area contributed by atoms with E-state index >= 15 is 0 Å². The monoisotopic (exact) mass is 520 g/mol. The standard InChI is InChI=1S/C24H18BrClN6O/c1-14-20(23(33)29-17-8-5-11-27-13-17)21(15-6-4-7-16(25)12-15)32-24(28-14)30-22(31-32)18-9-2-3-10-19(18)26/h2-13,21H,1H3,(H,29,33)(H,28,30,31). The van der Waals surface area contributed by atoms with Crippen LogP contribution in [0.2, 0.25) is 5.02 Å². The van der Waals surface area contributed by atoms with Crippen molar-refractivity contribution in [3.63, 3.8) is 0 Å². The maximum absolute atomic E-state index is 13.5. The van der Waals surface area contributed by atoms with Crippen LogP contribution >= 0.6 is 27.5 Å². The number of amides is 1. The number of allylic oxidation sites excluding steroid dienone is 1. The Morgan fingerprint density at radius 3 is 2.76 bits per heavy atom. The minimum absolute atomic E-state index is 0.251. The highest BCUT2D eigenvalue weighted by atomic mass is 79.9. The predicted molar refractivity (Wildman–Crippen MR) is 132 cm³/mol. The topological polar surface area (TPSA) is 84.7 Å². The molecular formula is C24H18BrClN6O. The van der Waals surface area contributed by atoms with Crippen molar-refractivity contribution >= 4 is 45.1 Å². The lowest BCUT2D eigenvalue weighted by molar-refractivity contribution is -0.113. The molecular weight excluding hydrogens is 504 g/mol. The molecule has 0 saturated carbocycles. The number of anilines is 2. The highest BCUT2D eigenvalue weighted by molar-refractivity contribution is 9.10. The van der Waals surface area contributed by atoms with E-state index < -0.39 is 6.04 Å². The zero-order chi connectivity index (χ0) is 22.9. The second-order valence-electron chi connectivity index (χ2n) is 7.50. The lowest BCUT2D eigenvalue weighted by Gasteiger charge is -2.28. The number of fused-ring (bicyclic) bond motifs is 1. The van der Waals surface area contributed by atoms with Crippen LogP contribution in [0.5, 0.6) is 0 Å². The SMILES string of the molecule is CC1=C(C(=O)Nc2cccnc2)C(c2cccc(Br)c2)n2nc(-c3ccccc3Cl)nc2N1. The van der Waals surface area contributed by atoms with Gasteiger partial charge in [0.2, 0.25) is 5.95 Å². The van der Waals surface area contributed by atoms with Crippen molar-refractivity contribution in [1.29, 1.82) is 0 Å². The average molecular weight is 522 g/mol. The lowest BCUT2D eigenvalue weighted by Crippen LogP contribution is -2.31. The average Bonchev–Trinajstić information content (AvgIpc) is 3.22. The van der Waals surface area contributed by atoms with Gasteiger partial charge in [-0.15, -0.1) is 5.10 Å². The molecule has 2 aromatic heterocycles. The molecule has 33 heavy (non-hydrogen) atoms.